The van der Waals surface area contributed by atoms with Gasteiger partial charge in [-0.1, -0.05) is 19.1 Å². The van der Waals surface area contributed by atoms with Crippen LogP contribution in [0.4, 0.5) is 0 Å². The summed E-state index contributed by atoms with van der Waals surface area (Å²) in [5, 5.41) is 0. The van der Waals surface area contributed by atoms with Gasteiger partial charge in [-0.15, -0.1) is 0 Å². The standard InChI is InChI=1S/C12H16O/c1-2-10-6-7-12-11(9-10)5-3-4-8-13-12/h6-7,9H,2-5,8H2,1H3. The highest BCUT2D eigenvalue weighted by molar-refractivity contribution is 5.37. The predicted molar refractivity (Wildman–Crippen MR) is 54.3 cm³/mol. The molecule has 1 aromatic carbocycles. The highest BCUT2D eigenvalue weighted by Crippen LogP contribution is 2.25. The molecule has 2 rings (SSSR count). The molecule has 0 aromatic heterocycles. The largest absolute Gasteiger partial charge is 0.493 e. The van der Waals surface area contributed by atoms with Crippen molar-refractivity contribution in [3.8, 4) is 5.75 Å². The van der Waals surface area contributed by atoms with Crippen molar-refractivity contribution in [1.82, 2.24) is 0 Å². The summed E-state index contributed by atoms with van der Waals surface area (Å²) in [6.45, 7) is 3.08. The van der Waals surface area contributed by atoms with Gasteiger partial charge in [-0.3, -0.25) is 0 Å². The predicted octanol–water partition coefficient (Wildman–Crippen LogP) is 2.96. The molecule has 1 nitrogen and oxygen atoms in total. The molecule has 0 saturated heterocycles. The van der Waals surface area contributed by atoms with Crippen LogP contribution in [0.2, 0.25) is 0 Å². The van der Waals surface area contributed by atoms with Crippen LogP contribution in [-0.2, 0) is 12.8 Å². The SMILES string of the molecule is CCc1ccc2c(c1)CCCCO2. The van der Waals surface area contributed by atoms with E-state index in [1.165, 1.54) is 30.4 Å². The van der Waals surface area contributed by atoms with Gasteiger partial charge >= 0.3 is 0 Å². The zero-order chi connectivity index (χ0) is 9.10. The molecule has 0 unspecified atom stereocenters. The maximum atomic E-state index is 5.65. The minimum absolute atomic E-state index is 0.887. The molecule has 0 atom stereocenters. The third kappa shape index (κ3) is 1.85. The van der Waals surface area contributed by atoms with Crippen LogP contribution in [0.15, 0.2) is 18.2 Å². The van der Waals surface area contributed by atoms with Gasteiger partial charge in [-0.2, -0.15) is 0 Å². The lowest BCUT2D eigenvalue weighted by atomic mass is 10.0. The number of hydrogen-bond acceptors (Lipinski definition) is 1. The van der Waals surface area contributed by atoms with Crippen molar-refractivity contribution in [3.05, 3.63) is 29.3 Å². The Morgan fingerprint density at radius 2 is 2.23 bits per heavy atom. The average molecular weight is 176 g/mol. The van der Waals surface area contributed by atoms with Crippen LogP contribution >= 0.6 is 0 Å². The highest BCUT2D eigenvalue weighted by atomic mass is 16.5. The third-order valence-corrected chi connectivity index (χ3v) is 2.63. The Morgan fingerprint density at radius 3 is 3.08 bits per heavy atom. The second kappa shape index (κ2) is 3.82. The highest BCUT2D eigenvalue weighted by Gasteiger charge is 2.08. The molecule has 0 radical (unpaired) electrons. The van der Waals surface area contributed by atoms with Crippen molar-refractivity contribution >= 4 is 0 Å². The van der Waals surface area contributed by atoms with E-state index >= 15 is 0 Å². The Kier molecular flexibility index (Phi) is 2.53. The molecule has 1 heterocycles. The molecule has 0 amide bonds. The number of aryl methyl sites for hydroxylation is 2. The number of hydrogen-bond donors (Lipinski definition) is 0. The van der Waals surface area contributed by atoms with Crippen molar-refractivity contribution < 1.29 is 4.74 Å². The van der Waals surface area contributed by atoms with E-state index in [1.807, 2.05) is 0 Å². The number of fused-ring (bicyclic) bond motifs is 1. The van der Waals surface area contributed by atoms with Crippen LogP contribution in [0.1, 0.15) is 30.9 Å². The molecule has 0 N–H and O–H groups in total. The first-order valence-electron chi connectivity index (χ1n) is 5.15. The van der Waals surface area contributed by atoms with Crippen molar-refractivity contribution in [2.24, 2.45) is 0 Å². The lowest BCUT2D eigenvalue weighted by Crippen LogP contribution is -1.95. The van der Waals surface area contributed by atoms with Gasteiger partial charge in [0.15, 0.2) is 0 Å². The summed E-state index contributed by atoms with van der Waals surface area (Å²) in [5.41, 5.74) is 2.82. The summed E-state index contributed by atoms with van der Waals surface area (Å²) in [5.74, 6) is 1.11. The van der Waals surface area contributed by atoms with E-state index in [0.29, 0.717) is 0 Å². The zero-order valence-corrected chi connectivity index (χ0v) is 8.18. The molecule has 0 saturated carbocycles. The fraction of sp³-hybridized carbons (Fsp3) is 0.500. The molecule has 13 heavy (non-hydrogen) atoms. The Morgan fingerprint density at radius 1 is 1.31 bits per heavy atom. The Labute approximate surface area is 79.7 Å². The smallest absolute Gasteiger partial charge is 0.122 e. The molecule has 0 fully saturated rings. The number of ether oxygens (including phenoxy) is 1. The van der Waals surface area contributed by atoms with Crippen LogP contribution in [0.3, 0.4) is 0 Å². The normalized spacial score (nSPS) is 15.8. The monoisotopic (exact) mass is 176 g/mol. The molecule has 0 aliphatic carbocycles. The molecular weight excluding hydrogens is 160 g/mol. The van der Waals surface area contributed by atoms with Crippen molar-refractivity contribution in [3.63, 3.8) is 0 Å². The fourth-order valence-electron chi connectivity index (χ4n) is 1.79. The van der Waals surface area contributed by atoms with Gasteiger partial charge in [-0.05, 0) is 42.9 Å². The summed E-state index contributed by atoms with van der Waals surface area (Å²) in [6.07, 6.45) is 4.76. The van der Waals surface area contributed by atoms with Crippen LogP contribution in [-0.4, -0.2) is 6.61 Å². The van der Waals surface area contributed by atoms with E-state index < -0.39 is 0 Å². The topological polar surface area (TPSA) is 9.23 Å². The van der Waals surface area contributed by atoms with Crippen LogP contribution in [0, 0.1) is 0 Å². The average Bonchev–Trinajstić information content (AvgIpc) is 2.41. The second-order valence-electron chi connectivity index (χ2n) is 3.60. The fourth-order valence-corrected chi connectivity index (χ4v) is 1.79. The molecule has 1 aromatic rings. The van der Waals surface area contributed by atoms with E-state index in [2.05, 4.69) is 25.1 Å². The molecule has 0 spiro atoms. The summed E-state index contributed by atoms with van der Waals surface area (Å²) in [7, 11) is 0. The minimum atomic E-state index is 0.887. The lowest BCUT2D eigenvalue weighted by Gasteiger charge is -2.07. The Hall–Kier alpha value is -0.980. The van der Waals surface area contributed by atoms with Crippen LogP contribution < -0.4 is 4.74 Å². The molecule has 1 heteroatoms. The van der Waals surface area contributed by atoms with Gasteiger partial charge in [0, 0.05) is 0 Å². The number of rotatable bonds is 1. The van der Waals surface area contributed by atoms with Crippen LogP contribution in [0.25, 0.3) is 0 Å². The maximum Gasteiger partial charge on any atom is 0.122 e. The van der Waals surface area contributed by atoms with Gasteiger partial charge < -0.3 is 4.74 Å². The van der Waals surface area contributed by atoms with Crippen molar-refractivity contribution in [2.45, 2.75) is 32.6 Å². The van der Waals surface area contributed by atoms with Gasteiger partial charge in [0.05, 0.1) is 6.61 Å². The van der Waals surface area contributed by atoms with E-state index in [-0.39, 0.29) is 0 Å². The van der Waals surface area contributed by atoms with E-state index in [1.54, 1.807) is 0 Å². The number of benzene rings is 1. The third-order valence-electron chi connectivity index (χ3n) is 2.63. The molecular formula is C12H16O. The maximum absolute atomic E-state index is 5.65. The van der Waals surface area contributed by atoms with Gasteiger partial charge in [0.25, 0.3) is 0 Å². The minimum Gasteiger partial charge on any atom is -0.493 e. The summed E-state index contributed by atoms with van der Waals surface area (Å²) < 4.78 is 5.65. The van der Waals surface area contributed by atoms with Crippen molar-refractivity contribution in [2.75, 3.05) is 6.61 Å². The van der Waals surface area contributed by atoms with Crippen molar-refractivity contribution in [1.29, 1.82) is 0 Å². The van der Waals surface area contributed by atoms with Crippen LogP contribution in [0.5, 0.6) is 5.75 Å². The van der Waals surface area contributed by atoms with Gasteiger partial charge in [0.1, 0.15) is 5.75 Å². The quantitative estimate of drug-likeness (QED) is 0.639. The first-order chi connectivity index (χ1) is 6.40. The molecule has 1 aliphatic heterocycles. The van der Waals surface area contributed by atoms with E-state index in [4.69, 9.17) is 4.74 Å². The Bertz CT molecular complexity index is 291. The van der Waals surface area contributed by atoms with Gasteiger partial charge in [-0.25, -0.2) is 0 Å². The zero-order valence-electron chi connectivity index (χ0n) is 8.18. The van der Waals surface area contributed by atoms with E-state index in [0.717, 1.165) is 18.8 Å². The second-order valence-corrected chi connectivity index (χ2v) is 3.60. The summed E-state index contributed by atoms with van der Waals surface area (Å²) >= 11 is 0. The van der Waals surface area contributed by atoms with Gasteiger partial charge in [0.2, 0.25) is 0 Å². The first-order valence-corrected chi connectivity index (χ1v) is 5.15. The first kappa shape index (κ1) is 8.61. The molecule has 0 bridgehead atoms. The summed E-state index contributed by atoms with van der Waals surface area (Å²) in [6, 6.07) is 6.59. The lowest BCUT2D eigenvalue weighted by molar-refractivity contribution is 0.317. The molecule has 70 valence electrons. The Balaban J connectivity index is 2.32. The molecule has 1 aliphatic rings. The van der Waals surface area contributed by atoms with E-state index in [9.17, 15) is 0 Å². The summed E-state index contributed by atoms with van der Waals surface area (Å²) in [4.78, 5) is 0.